The van der Waals surface area contributed by atoms with Gasteiger partial charge in [-0.15, -0.1) is 0 Å². The molecule has 4 saturated heterocycles. The molecule has 0 aromatic carbocycles. The van der Waals surface area contributed by atoms with Gasteiger partial charge >= 0.3 is 5.97 Å². The Morgan fingerprint density at radius 2 is 1.23 bits per heavy atom. The molecule has 0 radical (unpaired) electrons. The monoisotopic (exact) mass is 1060 g/mol. The van der Waals surface area contributed by atoms with Crippen LogP contribution in [0.2, 0.25) is 0 Å². The second kappa shape index (κ2) is 20.5. The van der Waals surface area contributed by atoms with E-state index in [1.165, 1.54) is 19.4 Å². The number of aliphatic carboxylic acids is 1. The molecule has 0 spiro atoms. The fourth-order valence-electron chi connectivity index (χ4n) is 16.2. The topological polar surface area (TPSA) is 334 Å². The van der Waals surface area contributed by atoms with Crippen molar-refractivity contribution in [3.8, 4) is 0 Å². The lowest BCUT2D eigenvalue weighted by molar-refractivity contribution is -0.390. The summed E-state index contributed by atoms with van der Waals surface area (Å²) in [5.41, 5.74) is -0.790. The fourth-order valence-corrected chi connectivity index (χ4v) is 16.2. The number of aliphatic hydroxyl groups is 11. The van der Waals surface area contributed by atoms with Crippen LogP contribution in [0, 0.1) is 50.2 Å². The number of hydrogen-bond donors (Lipinski definition) is 12. The molecule has 4 saturated carbocycles. The molecule has 0 unspecified atom stereocenters. The zero-order valence-corrected chi connectivity index (χ0v) is 44.1. The highest BCUT2D eigenvalue weighted by atomic mass is 16.8. The molecule has 9 rings (SSSR count). The number of carboxylic acid groups (broad SMARTS) is 1. The number of fused-ring (bicyclic) bond motifs is 7. The molecule has 0 aromatic rings. The summed E-state index contributed by atoms with van der Waals surface area (Å²) < 4.78 is 48.0. The van der Waals surface area contributed by atoms with Crippen molar-refractivity contribution in [2.24, 2.45) is 50.2 Å². The van der Waals surface area contributed by atoms with Gasteiger partial charge in [0.15, 0.2) is 25.2 Å². The molecule has 21 heteroatoms. The maximum absolute atomic E-state index is 13.2. The van der Waals surface area contributed by atoms with Crippen LogP contribution in [0.4, 0.5) is 0 Å². The van der Waals surface area contributed by atoms with Gasteiger partial charge < -0.3 is 99.2 Å². The second-order valence-corrected chi connectivity index (χ2v) is 25.6. The van der Waals surface area contributed by atoms with E-state index in [9.17, 15) is 66.1 Å². The lowest BCUT2D eigenvalue weighted by Gasteiger charge is -2.71. The maximum atomic E-state index is 13.2. The third-order valence-electron chi connectivity index (χ3n) is 21.2. The summed E-state index contributed by atoms with van der Waals surface area (Å²) in [5, 5.41) is 132. The van der Waals surface area contributed by atoms with Gasteiger partial charge in [0, 0.05) is 5.41 Å². The van der Waals surface area contributed by atoms with Gasteiger partial charge in [-0.3, -0.25) is 4.79 Å². The van der Waals surface area contributed by atoms with Gasteiger partial charge in [-0.2, -0.15) is 0 Å². The van der Waals surface area contributed by atoms with Crippen LogP contribution in [-0.2, 0) is 42.7 Å². The summed E-state index contributed by atoms with van der Waals surface area (Å²) >= 11 is 0. The lowest BCUT2D eigenvalue weighted by atomic mass is 9.33. The normalized spacial score (nSPS) is 55.4. The van der Waals surface area contributed by atoms with Crippen LogP contribution in [0.25, 0.3) is 0 Å². The third kappa shape index (κ3) is 9.08. The van der Waals surface area contributed by atoms with Crippen molar-refractivity contribution in [3.05, 3.63) is 11.6 Å². The van der Waals surface area contributed by atoms with Crippen LogP contribution in [0.15, 0.2) is 11.6 Å². The molecular formula is C53H86O21. The summed E-state index contributed by atoms with van der Waals surface area (Å²) in [6.45, 7) is 15.2. The van der Waals surface area contributed by atoms with E-state index in [1.807, 2.05) is 6.92 Å². The maximum Gasteiger partial charge on any atom is 0.310 e. The zero-order valence-electron chi connectivity index (χ0n) is 44.1. The molecule has 4 aliphatic heterocycles. The fraction of sp³-hybridized carbons (Fsp3) is 0.943. The number of carbonyl (C=O) groups is 1. The molecule has 21 nitrogen and oxygen atoms in total. The smallest absolute Gasteiger partial charge is 0.310 e. The van der Waals surface area contributed by atoms with Crippen molar-refractivity contribution in [1.29, 1.82) is 0 Å². The summed E-state index contributed by atoms with van der Waals surface area (Å²) in [4.78, 5) is 13.2. The molecule has 12 N–H and O–H groups in total. The highest BCUT2D eigenvalue weighted by Crippen LogP contribution is 2.76. The molecule has 0 aromatic heterocycles. The van der Waals surface area contributed by atoms with Crippen LogP contribution in [0.3, 0.4) is 0 Å². The van der Waals surface area contributed by atoms with E-state index in [-0.39, 0.29) is 52.6 Å². The molecule has 8 fully saturated rings. The van der Waals surface area contributed by atoms with Gasteiger partial charge in [0.05, 0.1) is 43.5 Å². The van der Waals surface area contributed by atoms with Crippen LogP contribution >= 0.6 is 0 Å². The quantitative estimate of drug-likeness (QED) is 0.0971. The molecular weight excluding hydrogens is 973 g/mol. The Morgan fingerprint density at radius 1 is 0.622 bits per heavy atom. The summed E-state index contributed by atoms with van der Waals surface area (Å²) in [6, 6.07) is 0. The Bertz CT molecular complexity index is 2040. The number of hydrogen-bond acceptors (Lipinski definition) is 20. The minimum atomic E-state index is -1.96. The van der Waals surface area contributed by atoms with E-state index in [0.29, 0.717) is 19.3 Å². The molecule has 424 valence electrons. The Kier molecular flexibility index (Phi) is 15.8. The predicted octanol–water partition coefficient (Wildman–Crippen LogP) is 0.197. The first-order valence-electron chi connectivity index (χ1n) is 27.1. The predicted molar refractivity (Wildman–Crippen MR) is 256 cm³/mol. The second-order valence-electron chi connectivity index (χ2n) is 25.6. The average molecular weight is 1060 g/mol. The molecule has 74 heavy (non-hydrogen) atoms. The number of aliphatic hydroxyl groups excluding tert-OH is 11. The summed E-state index contributed by atoms with van der Waals surface area (Å²) in [6.07, 6.45) is -20.8. The van der Waals surface area contributed by atoms with Crippen molar-refractivity contribution in [3.63, 3.8) is 0 Å². The van der Waals surface area contributed by atoms with Gasteiger partial charge in [-0.05, 0) is 117 Å². The van der Waals surface area contributed by atoms with E-state index >= 15 is 0 Å². The highest BCUT2D eigenvalue weighted by Gasteiger charge is 2.70. The number of rotatable bonds is 11. The molecule has 0 amide bonds. The summed E-state index contributed by atoms with van der Waals surface area (Å²) in [5.74, 6) is -0.486. The van der Waals surface area contributed by atoms with Gasteiger partial charge in [0.2, 0.25) is 0 Å². The van der Waals surface area contributed by atoms with Crippen LogP contribution < -0.4 is 0 Å². The first-order chi connectivity index (χ1) is 34.6. The Labute approximate surface area is 433 Å². The number of allylic oxidation sites excluding steroid dienone is 2. The molecule has 28 atom stereocenters. The first-order valence-corrected chi connectivity index (χ1v) is 27.1. The standard InChI is InChI=1S/C53H86O21/c1-23-32(57)35(60)37(62)43(68-23)72-40-28(20-54)70-44(38(63)36(40)61)73-41-33(58)24(2)69-45(39(41)64)74-42-34(59)27(56)21-67-46(42)71-31-12-13-49(5)29(50(31,6)22-55)11-14-52(8)30(49)10-9-25-26-19-48(3,4)15-17-53(26,47(65)66)18-16-51(25,52)7/h9,23-24,26-46,54-64H,10-22H2,1-8H3,(H,65,66)/t23-,24-,26-,27-,28+,29+,30+,31-,32-,33-,34-,35+,36+,37+,38+,39+,40+,41+,42+,43-,44-,45-,46-,49-,50-,51+,52+,53-/m0/s1. The Hall–Kier alpha value is -1.55. The van der Waals surface area contributed by atoms with Crippen molar-refractivity contribution in [1.82, 2.24) is 0 Å². The molecule has 9 aliphatic rings. The van der Waals surface area contributed by atoms with Gasteiger partial charge in [0.25, 0.3) is 0 Å². The molecule has 5 aliphatic carbocycles. The molecule has 0 bridgehead atoms. The van der Waals surface area contributed by atoms with Crippen molar-refractivity contribution >= 4 is 5.97 Å². The van der Waals surface area contributed by atoms with E-state index in [1.54, 1.807) is 0 Å². The van der Waals surface area contributed by atoms with E-state index in [2.05, 4.69) is 40.7 Å². The SMILES string of the molecule is C[C@@H]1O[C@@H](O[C@H]2[C@H](O)[C@@H](O)[C@H](O[C@@H]3[C@@H](O)[C@H](C)O[C@@H](O[C@H]4[C@H](O[C@H]5CC[C@@]6(C)[C@@H](CC[C@]7(C)[C@@H]6CC=C6[C@@H]8CC(C)(C)CC[C@]8(C(=O)O)CC[C@]67C)[C@]5(C)CO)OC[C@H](O)[C@@H]4O)[C@@H]3O)O[C@@H]2CO)[C@H](O)[C@H](O)[C@H]1O. The summed E-state index contributed by atoms with van der Waals surface area (Å²) in [7, 11) is 0. The van der Waals surface area contributed by atoms with Crippen LogP contribution in [-0.4, -0.2) is 210 Å². The van der Waals surface area contributed by atoms with E-state index < -0.39 is 146 Å². The van der Waals surface area contributed by atoms with Crippen LogP contribution in [0.1, 0.15) is 120 Å². The minimum Gasteiger partial charge on any atom is -0.481 e. The molecule has 4 heterocycles. The van der Waals surface area contributed by atoms with Crippen molar-refractivity contribution in [2.45, 2.75) is 242 Å². The Morgan fingerprint density at radius 3 is 1.89 bits per heavy atom. The lowest BCUT2D eigenvalue weighted by Crippen LogP contribution is -2.67. The largest absolute Gasteiger partial charge is 0.481 e. The average Bonchev–Trinajstić information content (AvgIpc) is 3.35. The number of ether oxygens (including phenoxy) is 8. The van der Waals surface area contributed by atoms with E-state index in [4.69, 9.17) is 37.9 Å². The van der Waals surface area contributed by atoms with Crippen LogP contribution in [0.5, 0.6) is 0 Å². The Balaban J connectivity index is 0.901. The number of carboxylic acids is 1. The first kappa shape index (κ1) is 57.1. The third-order valence-corrected chi connectivity index (χ3v) is 21.2. The van der Waals surface area contributed by atoms with Gasteiger partial charge in [0.1, 0.15) is 79.4 Å². The minimum absolute atomic E-state index is 0.0196. The zero-order chi connectivity index (χ0) is 54.0. The highest BCUT2D eigenvalue weighted by molar-refractivity contribution is 5.76. The van der Waals surface area contributed by atoms with E-state index in [0.717, 1.165) is 44.9 Å². The van der Waals surface area contributed by atoms with Gasteiger partial charge in [-0.1, -0.05) is 53.2 Å². The van der Waals surface area contributed by atoms with Crippen molar-refractivity contribution < 1.29 is 104 Å². The van der Waals surface area contributed by atoms with Gasteiger partial charge in [-0.25, -0.2) is 0 Å². The van der Waals surface area contributed by atoms with Crippen molar-refractivity contribution in [2.75, 3.05) is 19.8 Å².